The number of nitrogens with zero attached hydrogens (tertiary/aromatic N) is 1. The van der Waals surface area contributed by atoms with Crippen molar-refractivity contribution < 1.29 is 0 Å². The SMILES string of the molecule is c1nc2ccc([C]3CCCCCC3)cc2s1. The molecule has 0 atom stereocenters. The van der Waals surface area contributed by atoms with Gasteiger partial charge in [0, 0.05) is 5.92 Å². The molecule has 0 N–H and O–H groups in total. The Kier molecular flexibility index (Phi) is 2.92. The average molecular weight is 230 g/mol. The van der Waals surface area contributed by atoms with Gasteiger partial charge in [-0.1, -0.05) is 31.7 Å². The van der Waals surface area contributed by atoms with E-state index in [9.17, 15) is 0 Å². The Labute approximate surface area is 101 Å². The van der Waals surface area contributed by atoms with E-state index in [4.69, 9.17) is 0 Å². The number of benzene rings is 1. The quantitative estimate of drug-likeness (QED) is 0.654. The standard InChI is InChI=1S/C14H16NS/c1-2-4-6-11(5-3-1)12-7-8-13-14(9-12)16-10-15-13/h7-10H,1-6H2. The Morgan fingerprint density at radius 2 is 1.81 bits per heavy atom. The van der Waals surface area contributed by atoms with Crippen molar-refractivity contribution in [2.24, 2.45) is 0 Å². The molecule has 1 aromatic heterocycles. The van der Waals surface area contributed by atoms with Crippen molar-refractivity contribution in [2.45, 2.75) is 38.5 Å². The van der Waals surface area contributed by atoms with Crippen LogP contribution in [0.5, 0.6) is 0 Å². The lowest BCUT2D eigenvalue weighted by Crippen LogP contribution is -1.97. The van der Waals surface area contributed by atoms with E-state index in [2.05, 4.69) is 23.2 Å². The highest BCUT2D eigenvalue weighted by Crippen LogP contribution is 2.32. The molecule has 1 aliphatic rings. The number of aromatic nitrogens is 1. The van der Waals surface area contributed by atoms with Crippen molar-refractivity contribution in [2.75, 3.05) is 0 Å². The van der Waals surface area contributed by atoms with Gasteiger partial charge in [0.25, 0.3) is 0 Å². The number of hydrogen-bond acceptors (Lipinski definition) is 2. The van der Waals surface area contributed by atoms with Gasteiger partial charge in [-0.3, -0.25) is 0 Å². The topological polar surface area (TPSA) is 12.9 Å². The molecule has 16 heavy (non-hydrogen) atoms. The molecule has 0 saturated heterocycles. The Morgan fingerprint density at radius 1 is 1.00 bits per heavy atom. The van der Waals surface area contributed by atoms with Gasteiger partial charge in [-0.05, 0) is 30.5 Å². The van der Waals surface area contributed by atoms with Crippen molar-refractivity contribution in [3.63, 3.8) is 0 Å². The molecule has 2 aromatic rings. The van der Waals surface area contributed by atoms with Crippen LogP contribution in [0.4, 0.5) is 0 Å². The van der Waals surface area contributed by atoms with Crippen LogP contribution in [-0.2, 0) is 0 Å². The van der Waals surface area contributed by atoms with E-state index in [1.165, 1.54) is 48.8 Å². The third kappa shape index (κ3) is 1.99. The molecule has 1 aliphatic carbocycles. The van der Waals surface area contributed by atoms with Gasteiger partial charge < -0.3 is 0 Å². The monoisotopic (exact) mass is 230 g/mol. The molecule has 0 amide bonds. The molecule has 1 fully saturated rings. The van der Waals surface area contributed by atoms with E-state index in [-0.39, 0.29) is 0 Å². The molecule has 3 rings (SSSR count). The minimum atomic E-state index is 1.14. The van der Waals surface area contributed by atoms with Gasteiger partial charge in [0.1, 0.15) is 0 Å². The summed E-state index contributed by atoms with van der Waals surface area (Å²) in [4.78, 5) is 4.33. The molecular formula is C14H16NS. The Balaban J connectivity index is 1.91. The Hall–Kier alpha value is -0.890. The lowest BCUT2D eigenvalue weighted by molar-refractivity contribution is 0.702. The zero-order chi connectivity index (χ0) is 10.8. The number of thiazole rings is 1. The molecule has 1 saturated carbocycles. The second-order valence-electron chi connectivity index (χ2n) is 4.55. The van der Waals surface area contributed by atoms with Crippen LogP contribution < -0.4 is 0 Å². The van der Waals surface area contributed by atoms with E-state index in [0.29, 0.717) is 0 Å². The summed E-state index contributed by atoms with van der Waals surface area (Å²) in [5.41, 5.74) is 4.54. The third-order valence-electron chi connectivity index (χ3n) is 3.45. The maximum atomic E-state index is 4.33. The molecular weight excluding hydrogens is 214 g/mol. The van der Waals surface area contributed by atoms with Crippen LogP contribution in [0.1, 0.15) is 44.1 Å². The van der Waals surface area contributed by atoms with Crippen molar-refractivity contribution in [1.29, 1.82) is 0 Å². The molecule has 83 valence electrons. The van der Waals surface area contributed by atoms with Crippen LogP contribution >= 0.6 is 11.3 Å². The van der Waals surface area contributed by atoms with Crippen molar-refractivity contribution in [1.82, 2.24) is 4.98 Å². The molecule has 0 unspecified atom stereocenters. The van der Waals surface area contributed by atoms with Gasteiger partial charge in [0.05, 0.1) is 15.7 Å². The smallest absolute Gasteiger partial charge is 0.0812 e. The average Bonchev–Trinajstić information content (AvgIpc) is 2.61. The predicted octanol–water partition coefficient (Wildman–Crippen LogP) is 4.57. The summed E-state index contributed by atoms with van der Waals surface area (Å²) in [5, 5.41) is 0. The van der Waals surface area contributed by atoms with Gasteiger partial charge in [0.2, 0.25) is 0 Å². The fourth-order valence-corrected chi connectivity index (χ4v) is 3.24. The van der Waals surface area contributed by atoms with Crippen LogP contribution in [0.3, 0.4) is 0 Å². The van der Waals surface area contributed by atoms with Gasteiger partial charge in [-0.2, -0.15) is 0 Å². The van der Waals surface area contributed by atoms with Crippen LogP contribution in [-0.4, -0.2) is 4.98 Å². The summed E-state index contributed by atoms with van der Waals surface area (Å²) in [5.74, 6) is 1.66. The number of rotatable bonds is 1. The largest absolute Gasteiger partial charge is 0.245 e. The summed E-state index contributed by atoms with van der Waals surface area (Å²) >= 11 is 1.75. The van der Waals surface area contributed by atoms with Gasteiger partial charge in [0.15, 0.2) is 0 Å². The second kappa shape index (κ2) is 4.54. The molecule has 1 nitrogen and oxygen atoms in total. The lowest BCUT2D eigenvalue weighted by atomic mass is 9.92. The van der Waals surface area contributed by atoms with Crippen LogP contribution in [0.25, 0.3) is 10.2 Å². The second-order valence-corrected chi connectivity index (χ2v) is 5.44. The Morgan fingerprint density at radius 3 is 2.62 bits per heavy atom. The number of hydrogen-bond donors (Lipinski definition) is 0. The maximum absolute atomic E-state index is 4.33. The minimum absolute atomic E-state index is 1.14. The van der Waals surface area contributed by atoms with Gasteiger partial charge in [-0.15, -0.1) is 11.3 Å². The molecule has 0 aliphatic heterocycles. The molecule has 1 heterocycles. The Bertz CT molecular complexity index is 466. The van der Waals surface area contributed by atoms with Crippen LogP contribution in [0, 0.1) is 5.92 Å². The normalized spacial score (nSPS) is 18.8. The highest BCUT2D eigenvalue weighted by atomic mass is 32.1. The molecule has 0 bridgehead atoms. The summed E-state index contributed by atoms with van der Waals surface area (Å²) < 4.78 is 1.33. The van der Waals surface area contributed by atoms with Crippen LogP contribution in [0.2, 0.25) is 0 Å². The predicted molar refractivity (Wildman–Crippen MR) is 69.7 cm³/mol. The summed E-state index contributed by atoms with van der Waals surface area (Å²) in [6.07, 6.45) is 8.15. The van der Waals surface area contributed by atoms with E-state index < -0.39 is 0 Å². The first-order chi connectivity index (χ1) is 7.93. The minimum Gasteiger partial charge on any atom is -0.245 e. The first-order valence-corrected chi connectivity index (χ1v) is 7.00. The van der Waals surface area contributed by atoms with E-state index in [1.807, 2.05) is 5.51 Å². The molecule has 0 spiro atoms. The van der Waals surface area contributed by atoms with Gasteiger partial charge >= 0.3 is 0 Å². The highest BCUT2D eigenvalue weighted by Gasteiger charge is 2.15. The van der Waals surface area contributed by atoms with E-state index in [1.54, 1.807) is 17.3 Å². The highest BCUT2D eigenvalue weighted by molar-refractivity contribution is 7.16. The van der Waals surface area contributed by atoms with Crippen molar-refractivity contribution >= 4 is 21.6 Å². The summed E-state index contributed by atoms with van der Waals surface area (Å²) in [7, 11) is 0. The van der Waals surface area contributed by atoms with Crippen molar-refractivity contribution in [3.05, 3.63) is 35.2 Å². The number of fused-ring (bicyclic) bond motifs is 1. The van der Waals surface area contributed by atoms with Crippen LogP contribution in [0.15, 0.2) is 23.7 Å². The van der Waals surface area contributed by atoms with Crippen molar-refractivity contribution in [3.8, 4) is 0 Å². The fourth-order valence-electron chi connectivity index (χ4n) is 2.52. The van der Waals surface area contributed by atoms with E-state index >= 15 is 0 Å². The maximum Gasteiger partial charge on any atom is 0.0812 e. The molecule has 2 heteroatoms. The first kappa shape index (κ1) is 10.3. The summed E-state index contributed by atoms with van der Waals surface area (Å²) in [6, 6.07) is 6.75. The summed E-state index contributed by atoms with van der Waals surface area (Å²) in [6.45, 7) is 0. The third-order valence-corrected chi connectivity index (χ3v) is 4.24. The van der Waals surface area contributed by atoms with Gasteiger partial charge in [-0.25, -0.2) is 4.98 Å². The molecule has 1 radical (unpaired) electrons. The molecule has 1 aromatic carbocycles. The zero-order valence-corrected chi connectivity index (χ0v) is 10.2. The first-order valence-electron chi connectivity index (χ1n) is 6.12. The van der Waals surface area contributed by atoms with E-state index in [0.717, 1.165) is 5.52 Å². The fraction of sp³-hybridized carbons (Fsp3) is 0.429. The lowest BCUT2D eigenvalue weighted by Gasteiger charge is -2.13. The zero-order valence-electron chi connectivity index (χ0n) is 9.41.